The third kappa shape index (κ3) is 4.71. The molecule has 128 valence electrons. The number of piperidine rings is 1. The summed E-state index contributed by atoms with van der Waals surface area (Å²) in [5, 5.41) is 9.95. The van der Waals surface area contributed by atoms with Crippen LogP contribution in [0.1, 0.15) is 57.1 Å². The smallest absolute Gasteiger partial charge is 0.410 e. The topological polar surface area (TPSA) is 49.8 Å². The van der Waals surface area contributed by atoms with Crippen LogP contribution in [0, 0.1) is 6.92 Å². The molecule has 0 radical (unpaired) electrons. The van der Waals surface area contributed by atoms with Crippen molar-refractivity contribution in [2.45, 2.75) is 64.5 Å². The monoisotopic (exact) mass is 319 g/mol. The van der Waals surface area contributed by atoms with E-state index < -0.39 is 5.60 Å². The Balaban J connectivity index is 2.21. The molecule has 0 aliphatic carbocycles. The van der Waals surface area contributed by atoms with Crippen molar-refractivity contribution in [2.75, 3.05) is 13.2 Å². The predicted octanol–water partition coefficient (Wildman–Crippen LogP) is 3.86. The second-order valence-corrected chi connectivity index (χ2v) is 7.44. The Hall–Kier alpha value is -1.55. The molecule has 0 spiro atoms. The summed E-state index contributed by atoms with van der Waals surface area (Å²) < 4.78 is 5.56. The Labute approximate surface area is 139 Å². The number of hydrogen-bond acceptors (Lipinski definition) is 3. The minimum Gasteiger partial charge on any atom is -0.444 e. The number of hydrogen-bond donors (Lipinski definition) is 1. The molecule has 4 heteroatoms. The van der Waals surface area contributed by atoms with Crippen LogP contribution < -0.4 is 0 Å². The van der Waals surface area contributed by atoms with Gasteiger partial charge in [0.1, 0.15) is 5.60 Å². The molecule has 0 aromatic heterocycles. The van der Waals surface area contributed by atoms with Crippen molar-refractivity contribution in [2.24, 2.45) is 0 Å². The fourth-order valence-electron chi connectivity index (χ4n) is 3.19. The largest absolute Gasteiger partial charge is 0.444 e. The average molecular weight is 319 g/mol. The maximum Gasteiger partial charge on any atom is 0.410 e. The summed E-state index contributed by atoms with van der Waals surface area (Å²) in [6.07, 6.45) is 2.69. The minimum atomic E-state index is -0.502. The zero-order valence-electron chi connectivity index (χ0n) is 14.7. The van der Waals surface area contributed by atoms with E-state index in [1.54, 1.807) is 0 Å². The van der Waals surface area contributed by atoms with Crippen molar-refractivity contribution in [1.29, 1.82) is 0 Å². The van der Waals surface area contributed by atoms with Crippen LogP contribution >= 0.6 is 0 Å². The molecule has 0 bridgehead atoms. The van der Waals surface area contributed by atoms with Crippen molar-refractivity contribution >= 4 is 6.09 Å². The molecule has 23 heavy (non-hydrogen) atoms. The summed E-state index contributed by atoms with van der Waals surface area (Å²) in [5.74, 6) is -0.0663. The molecule has 1 aliphatic rings. The molecule has 2 rings (SSSR count). The molecule has 0 saturated carbocycles. The standard InChI is InChI=1S/C19H29NO3/c1-14-8-10-15(11-9-14)16(13-21)17-7-5-6-12-20(17)18(22)23-19(2,3)4/h8-11,16-17,21H,5-7,12-13H2,1-4H3. The zero-order chi connectivity index (χ0) is 17.0. The molecule has 2 unspecified atom stereocenters. The molecule has 1 saturated heterocycles. The number of nitrogens with zero attached hydrogens (tertiary/aromatic N) is 1. The quantitative estimate of drug-likeness (QED) is 0.920. The Morgan fingerprint density at radius 2 is 1.96 bits per heavy atom. The second-order valence-electron chi connectivity index (χ2n) is 7.44. The van der Waals surface area contributed by atoms with Gasteiger partial charge in [0, 0.05) is 18.5 Å². The van der Waals surface area contributed by atoms with E-state index in [1.165, 1.54) is 5.56 Å². The first-order valence-corrected chi connectivity index (χ1v) is 8.49. The molecule has 1 amide bonds. The lowest BCUT2D eigenvalue weighted by molar-refractivity contribution is 0.00347. The van der Waals surface area contributed by atoms with Gasteiger partial charge in [-0.05, 0) is 52.5 Å². The van der Waals surface area contributed by atoms with Crippen molar-refractivity contribution in [3.63, 3.8) is 0 Å². The maximum absolute atomic E-state index is 12.6. The SMILES string of the molecule is Cc1ccc(C(CO)C2CCCCN2C(=O)OC(C)(C)C)cc1. The van der Waals surface area contributed by atoms with Crippen LogP contribution in [0.4, 0.5) is 4.79 Å². The number of amides is 1. The van der Waals surface area contributed by atoms with Crippen LogP contribution in [0.5, 0.6) is 0 Å². The maximum atomic E-state index is 12.6. The van der Waals surface area contributed by atoms with Crippen LogP contribution in [0.2, 0.25) is 0 Å². The van der Waals surface area contributed by atoms with E-state index in [-0.39, 0.29) is 24.7 Å². The van der Waals surface area contributed by atoms with Crippen LogP contribution in [0.25, 0.3) is 0 Å². The third-order valence-corrected chi connectivity index (χ3v) is 4.34. The van der Waals surface area contributed by atoms with Gasteiger partial charge >= 0.3 is 6.09 Å². The van der Waals surface area contributed by atoms with Gasteiger partial charge in [-0.1, -0.05) is 29.8 Å². The summed E-state index contributed by atoms with van der Waals surface area (Å²) in [4.78, 5) is 14.4. The van der Waals surface area contributed by atoms with Gasteiger partial charge in [0.2, 0.25) is 0 Å². The highest BCUT2D eigenvalue weighted by Crippen LogP contribution is 2.31. The van der Waals surface area contributed by atoms with E-state index in [4.69, 9.17) is 4.74 Å². The van der Waals surface area contributed by atoms with Crippen LogP contribution in [-0.2, 0) is 4.74 Å². The van der Waals surface area contributed by atoms with Gasteiger partial charge in [0.05, 0.1) is 6.61 Å². The first-order chi connectivity index (χ1) is 10.8. The van der Waals surface area contributed by atoms with E-state index in [9.17, 15) is 9.90 Å². The van der Waals surface area contributed by atoms with E-state index in [2.05, 4.69) is 24.3 Å². The number of carbonyl (C=O) groups excluding carboxylic acids is 1. The van der Waals surface area contributed by atoms with Crippen molar-refractivity contribution in [3.05, 3.63) is 35.4 Å². The Bertz CT molecular complexity index is 518. The van der Waals surface area contributed by atoms with E-state index in [1.807, 2.05) is 32.6 Å². The Morgan fingerprint density at radius 1 is 1.30 bits per heavy atom. The van der Waals surface area contributed by atoms with Gasteiger partial charge in [0.15, 0.2) is 0 Å². The third-order valence-electron chi connectivity index (χ3n) is 4.34. The van der Waals surface area contributed by atoms with Crippen LogP contribution in [0.15, 0.2) is 24.3 Å². The fraction of sp³-hybridized carbons (Fsp3) is 0.632. The highest BCUT2D eigenvalue weighted by atomic mass is 16.6. The van der Waals surface area contributed by atoms with Crippen molar-refractivity contribution in [1.82, 2.24) is 4.90 Å². The van der Waals surface area contributed by atoms with E-state index in [0.717, 1.165) is 24.8 Å². The average Bonchev–Trinajstić information content (AvgIpc) is 2.48. The molecule has 1 heterocycles. The summed E-state index contributed by atoms with van der Waals surface area (Å²) in [6, 6.07) is 8.21. The van der Waals surface area contributed by atoms with Crippen molar-refractivity contribution < 1.29 is 14.6 Å². The lowest BCUT2D eigenvalue weighted by Gasteiger charge is -2.40. The first kappa shape index (κ1) is 17.8. The lowest BCUT2D eigenvalue weighted by atomic mass is 9.85. The molecular weight excluding hydrogens is 290 g/mol. The normalized spacial score (nSPS) is 20.2. The van der Waals surface area contributed by atoms with Crippen molar-refractivity contribution in [3.8, 4) is 0 Å². The van der Waals surface area contributed by atoms with Gasteiger partial charge in [-0.2, -0.15) is 0 Å². The number of rotatable bonds is 3. The summed E-state index contributed by atoms with van der Waals surface area (Å²) in [6.45, 7) is 8.42. The molecule has 1 fully saturated rings. The number of aliphatic hydroxyl groups excluding tert-OH is 1. The number of aryl methyl sites for hydroxylation is 1. The molecule has 1 aliphatic heterocycles. The molecule has 1 aromatic carbocycles. The minimum absolute atomic E-state index is 0.00805. The summed E-state index contributed by atoms with van der Waals surface area (Å²) in [7, 11) is 0. The highest BCUT2D eigenvalue weighted by molar-refractivity contribution is 5.69. The van der Waals surface area contributed by atoms with Gasteiger partial charge in [-0.15, -0.1) is 0 Å². The molecule has 4 nitrogen and oxygen atoms in total. The van der Waals surface area contributed by atoms with Gasteiger partial charge in [0.25, 0.3) is 0 Å². The first-order valence-electron chi connectivity index (χ1n) is 8.49. The molecule has 1 aromatic rings. The number of aliphatic hydroxyl groups is 1. The van der Waals surface area contributed by atoms with E-state index >= 15 is 0 Å². The van der Waals surface area contributed by atoms with Gasteiger partial charge < -0.3 is 14.7 Å². The molecule has 1 N–H and O–H groups in total. The van der Waals surface area contributed by atoms with Gasteiger partial charge in [-0.25, -0.2) is 4.79 Å². The van der Waals surface area contributed by atoms with Gasteiger partial charge in [-0.3, -0.25) is 0 Å². The van der Waals surface area contributed by atoms with Crippen LogP contribution in [0.3, 0.4) is 0 Å². The van der Waals surface area contributed by atoms with Crippen LogP contribution in [-0.4, -0.2) is 40.9 Å². The summed E-state index contributed by atoms with van der Waals surface area (Å²) in [5.41, 5.74) is 1.77. The van der Waals surface area contributed by atoms with E-state index in [0.29, 0.717) is 6.54 Å². The Kier molecular flexibility index (Phi) is 5.69. The number of carbonyl (C=O) groups is 1. The molecule has 2 atom stereocenters. The highest BCUT2D eigenvalue weighted by Gasteiger charge is 2.35. The zero-order valence-corrected chi connectivity index (χ0v) is 14.7. The summed E-state index contributed by atoms with van der Waals surface area (Å²) >= 11 is 0. The fourth-order valence-corrected chi connectivity index (χ4v) is 3.19. The second kappa shape index (κ2) is 7.35. The lowest BCUT2D eigenvalue weighted by Crippen LogP contribution is -2.49. The number of likely N-dealkylation sites (tertiary alicyclic amines) is 1. The number of benzene rings is 1. The number of ether oxygens (including phenoxy) is 1. The molecular formula is C19H29NO3. The Morgan fingerprint density at radius 3 is 2.52 bits per heavy atom. The predicted molar refractivity (Wildman–Crippen MR) is 91.6 cm³/mol.